The van der Waals surface area contributed by atoms with Crippen LogP contribution in [0.25, 0.3) is 0 Å². The molecule has 1 aliphatic heterocycles. The molecule has 1 N–H and O–H groups in total. The molecule has 1 heterocycles. The van der Waals surface area contributed by atoms with Gasteiger partial charge in [0.05, 0.1) is 13.2 Å². The smallest absolute Gasteiger partial charge is 0.408 e. The highest BCUT2D eigenvalue weighted by molar-refractivity contribution is 5.58. The molecule has 1 aromatic rings. The molecule has 0 saturated carbocycles. The second kappa shape index (κ2) is 5.28. The first kappa shape index (κ1) is 14.0. The largest absolute Gasteiger partial charge is 0.497 e. The Kier molecular flexibility index (Phi) is 3.89. The number of anilines is 1. The van der Waals surface area contributed by atoms with Crippen LogP contribution in [0.3, 0.4) is 0 Å². The summed E-state index contributed by atoms with van der Waals surface area (Å²) in [5.41, 5.74) is 1.16. The number of ether oxygens (including phenoxy) is 2. The van der Waals surface area contributed by atoms with Crippen LogP contribution in [0, 0.1) is 0 Å². The van der Waals surface area contributed by atoms with Crippen molar-refractivity contribution in [3.63, 3.8) is 0 Å². The summed E-state index contributed by atoms with van der Waals surface area (Å²) in [6.07, 6.45) is -4.98. The fourth-order valence-electron chi connectivity index (χ4n) is 2.23. The van der Waals surface area contributed by atoms with Gasteiger partial charge in [-0.05, 0) is 25.1 Å². The van der Waals surface area contributed by atoms with Gasteiger partial charge < -0.3 is 14.8 Å². The summed E-state index contributed by atoms with van der Waals surface area (Å²) in [5, 5.41) is 2.52. The lowest BCUT2D eigenvalue weighted by molar-refractivity contribution is -0.152. The Morgan fingerprint density at radius 1 is 1.37 bits per heavy atom. The molecule has 1 aromatic carbocycles. The minimum absolute atomic E-state index is 0.127. The van der Waals surface area contributed by atoms with Crippen molar-refractivity contribution in [2.75, 3.05) is 19.0 Å². The number of halogens is 3. The number of methoxy groups -OCH3 is 1. The van der Waals surface area contributed by atoms with Gasteiger partial charge in [-0.25, -0.2) is 0 Å². The normalized spacial score (nSPS) is 22.6. The number of hydrogen-bond donors (Lipinski definition) is 1. The lowest BCUT2D eigenvalue weighted by Crippen LogP contribution is -2.41. The molecule has 106 valence electrons. The topological polar surface area (TPSA) is 30.5 Å². The van der Waals surface area contributed by atoms with E-state index < -0.39 is 18.3 Å². The molecule has 0 amide bonds. The van der Waals surface area contributed by atoms with E-state index in [1.165, 1.54) is 7.11 Å². The fraction of sp³-hybridized carbons (Fsp3) is 0.538. The van der Waals surface area contributed by atoms with Crippen molar-refractivity contribution in [1.82, 2.24) is 0 Å². The maximum Gasteiger partial charge on any atom is 0.408 e. The summed E-state index contributed by atoms with van der Waals surface area (Å²) in [6.45, 7) is 2.14. The van der Waals surface area contributed by atoms with Crippen LogP contribution in [-0.2, 0) is 4.74 Å². The summed E-state index contributed by atoms with van der Waals surface area (Å²) in [6, 6.07) is 3.37. The number of alkyl halides is 3. The number of nitrogens with one attached hydrogen (secondary N) is 1. The van der Waals surface area contributed by atoms with E-state index in [-0.39, 0.29) is 6.42 Å². The van der Waals surface area contributed by atoms with Crippen molar-refractivity contribution in [3.8, 4) is 5.75 Å². The van der Waals surface area contributed by atoms with Crippen LogP contribution in [0.2, 0.25) is 0 Å². The highest BCUT2D eigenvalue weighted by Gasteiger charge is 2.44. The monoisotopic (exact) mass is 275 g/mol. The molecule has 3 nitrogen and oxygen atoms in total. The van der Waals surface area contributed by atoms with Crippen molar-refractivity contribution in [1.29, 1.82) is 0 Å². The lowest BCUT2D eigenvalue weighted by atomic mass is 9.94. The Hall–Kier alpha value is -1.43. The molecule has 6 heteroatoms. The molecule has 0 bridgehead atoms. The van der Waals surface area contributed by atoms with Crippen molar-refractivity contribution in [2.45, 2.75) is 31.7 Å². The van der Waals surface area contributed by atoms with Crippen molar-refractivity contribution < 1.29 is 22.6 Å². The predicted molar refractivity (Wildman–Crippen MR) is 65.4 cm³/mol. The zero-order chi connectivity index (χ0) is 14.0. The number of benzene rings is 1. The van der Waals surface area contributed by atoms with Crippen LogP contribution in [0.5, 0.6) is 5.75 Å². The van der Waals surface area contributed by atoms with E-state index in [1.54, 1.807) is 25.1 Å². The van der Waals surface area contributed by atoms with E-state index in [2.05, 4.69) is 5.32 Å². The third-order valence-corrected chi connectivity index (χ3v) is 3.15. The van der Waals surface area contributed by atoms with Gasteiger partial charge in [-0.2, -0.15) is 13.2 Å². The van der Waals surface area contributed by atoms with Crippen molar-refractivity contribution in [3.05, 3.63) is 23.8 Å². The Morgan fingerprint density at radius 2 is 2.11 bits per heavy atom. The minimum Gasteiger partial charge on any atom is -0.497 e. The summed E-state index contributed by atoms with van der Waals surface area (Å²) in [5.74, 6) is 0.607. The molecule has 0 spiro atoms. The van der Waals surface area contributed by atoms with Crippen LogP contribution in [0.15, 0.2) is 18.2 Å². The molecule has 0 fully saturated rings. The molecule has 0 aliphatic carbocycles. The van der Waals surface area contributed by atoms with Gasteiger partial charge in [-0.3, -0.25) is 0 Å². The molecule has 0 saturated heterocycles. The Morgan fingerprint density at radius 3 is 2.68 bits per heavy atom. The Labute approximate surface area is 109 Å². The molecule has 19 heavy (non-hydrogen) atoms. The maximum absolute atomic E-state index is 12.9. The van der Waals surface area contributed by atoms with Gasteiger partial charge in [-0.1, -0.05) is 0 Å². The van der Waals surface area contributed by atoms with Crippen LogP contribution in [-0.4, -0.2) is 25.9 Å². The van der Waals surface area contributed by atoms with Gasteiger partial charge in [0, 0.05) is 24.3 Å². The van der Waals surface area contributed by atoms with Crippen molar-refractivity contribution >= 4 is 5.69 Å². The summed E-state index contributed by atoms with van der Waals surface area (Å²) in [7, 11) is 1.52. The number of fused-ring (bicyclic) bond motifs is 1. The molecule has 2 atom stereocenters. The van der Waals surface area contributed by atoms with Gasteiger partial charge in [0.15, 0.2) is 0 Å². The van der Waals surface area contributed by atoms with Crippen LogP contribution in [0.1, 0.15) is 25.0 Å². The third-order valence-electron chi connectivity index (χ3n) is 3.15. The molecular weight excluding hydrogens is 259 g/mol. The minimum atomic E-state index is -4.28. The van der Waals surface area contributed by atoms with Gasteiger partial charge in [-0.15, -0.1) is 0 Å². The zero-order valence-corrected chi connectivity index (χ0v) is 10.8. The zero-order valence-electron chi connectivity index (χ0n) is 10.8. The van der Waals surface area contributed by atoms with Gasteiger partial charge >= 0.3 is 6.18 Å². The van der Waals surface area contributed by atoms with Crippen LogP contribution < -0.4 is 10.1 Å². The molecule has 1 aliphatic rings. The first-order valence-electron chi connectivity index (χ1n) is 6.08. The second-order valence-electron chi connectivity index (χ2n) is 4.37. The van der Waals surface area contributed by atoms with Crippen LogP contribution in [0.4, 0.5) is 18.9 Å². The average molecular weight is 275 g/mol. The SMILES string of the molecule is CCO[C@@H]1C[C@H](C(F)(F)F)Nc2ccc(OC)cc21. The van der Waals surface area contributed by atoms with E-state index >= 15 is 0 Å². The molecule has 0 unspecified atom stereocenters. The first-order valence-corrected chi connectivity index (χ1v) is 6.08. The van der Waals surface area contributed by atoms with Gasteiger partial charge in [0.2, 0.25) is 0 Å². The first-order chi connectivity index (χ1) is 8.95. The average Bonchev–Trinajstić information content (AvgIpc) is 2.37. The third kappa shape index (κ3) is 2.94. The standard InChI is InChI=1S/C13H16F3NO2/c1-3-19-11-7-12(13(14,15)16)17-10-5-4-8(18-2)6-9(10)11/h4-6,11-12,17H,3,7H2,1-2H3/t11-,12-/m1/s1. The summed E-state index contributed by atoms with van der Waals surface area (Å²) >= 11 is 0. The summed E-state index contributed by atoms with van der Waals surface area (Å²) in [4.78, 5) is 0. The van der Waals surface area contributed by atoms with E-state index in [0.717, 1.165) is 0 Å². The Balaban J connectivity index is 2.34. The fourth-order valence-corrected chi connectivity index (χ4v) is 2.23. The van der Waals surface area contributed by atoms with Crippen LogP contribution >= 0.6 is 0 Å². The van der Waals surface area contributed by atoms with E-state index in [9.17, 15) is 13.2 Å². The highest BCUT2D eigenvalue weighted by atomic mass is 19.4. The quantitative estimate of drug-likeness (QED) is 0.915. The Bertz CT molecular complexity index is 448. The van der Waals surface area contributed by atoms with Gasteiger partial charge in [0.25, 0.3) is 0 Å². The molecule has 0 radical (unpaired) electrons. The second-order valence-corrected chi connectivity index (χ2v) is 4.37. The number of rotatable bonds is 3. The summed E-state index contributed by atoms with van der Waals surface area (Å²) < 4.78 is 49.1. The maximum atomic E-state index is 12.9. The molecule has 0 aromatic heterocycles. The molecule has 2 rings (SSSR count). The van der Waals surface area contributed by atoms with E-state index in [1.807, 2.05) is 0 Å². The predicted octanol–water partition coefficient (Wildman–Crippen LogP) is 3.52. The van der Waals surface area contributed by atoms with E-state index in [4.69, 9.17) is 9.47 Å². The van der Waals surface area contributed by atoms with Gasteiger partial charge in [0.1, 0.15) is 11.8 Å². The highest BCUT2D eigenvalue weighted by Crippen LogP contribution is 2.41. The van der Waals surface area contributed by atoms with Crippen molar-refractivity contribution in [2.24, 2.45) is 0 Å². The number of hydrogen-bond acceptors (Lipinski definition) is 3. The van der Waals surface area contributed by atoms with E-state index in [0.29, 0.717) is 23.6 Å². The molecular formula is C13H16F3NO2. The lowest BCUT2D eigenvalue weighted by Gasteiger charge is -2.34.